The van der Waals surface area contributed by atoms with Crippen molar-refractivity contribution in [2.75, 3.05) is 0 Å². The zero-order valence-electron chi connectivity index (χ0n) is 14.9. The van der Waals surface area contributed by atoms with Crippen LogP contribution in [0.3, 0.4) is 0 Å². The van der Waals surface area contributed by atoms with Crippen molar-refractivity contribution in [2.24, 2.45) is 5.10 Å². The highest BCUT2D eigenvalue weighted by molar-refractivity contribution is 9.10. The first-order chi connectivity index (χ1) is 13.5. The molecular weight excluding hydrogens is 440 g/mol. The van der Waals surface area contributed by atoms with Crippen molar-refractivity contribution in [3.63, 3.8) is 0 Å². The molecule has 2 N–H and O–H groups in total. The van der Waals surface area contributed by atoms with Crippen LogP contribution in [0.1, 0.15) is 22.3 Å². The summed E-state index contributed by atoms with van der Waals surface area (Å²) >= 11 is 9.57. The van der Waals surface area contributed by atoms with Crippen LogP contribution in [-0.2, 0) is 17.6 Å². The van der Waals surface area contributed by atoms with Crippen LogP contribution in [0.25, 0.3) is 0 Å². The molecule has 0 unspecified atom stereocenters. The summed E-state index contributed by atoms with van der Waals surface area (Å²) in [5.41, 5.74) is 5.88. The molecule has 0 aliphatic carbocycles. The summed E-state index contributed by atoms with van der Waals surface area (Å²) in [7, 11) is 0. The molecule has 0 aliphatic heterocycles. The molecule has 3 rings (SSSR count). The molecule has 0 aromatic heterocycles. The zero-order chi connectivity index (χ0) is 19.9. The second kappa shape index (κ2) is 9.53. The van der Waals surface area contributed by atoms with Crippen LogP contribution >= 0.6 is 27.5 Å². The molecule has 3 aromatic carbocycles. The Morgan fingerprint density at radius 3 is 2.54 bits per heavy atom. The zero-order valence-corrected chi connectivity index (χ0v) is 17.2. The fourth-order valence-corrected chi connectivity index (χ4v) is 3.15. The number of hydrogen-bond acceptors (Lipinski definition) is 3. The van der Waals surface area contributed by atoms with Gasteiger partial charge in [-0.25, -0.2) is 5.43 Å². The SMILES string of the molecule is O=C(Cc1ccc(Br)cc1)N/N=C/c1cc(Cc2ccccc2Cl)ccc1O. The van der Waals surface area contributed by atoms with Crippen molar-refractivity contribution in [3.05, 3.63) is 98.5 Å². The van der Waals surface area contributed by atoms with Crippen molar-refractivity contribution in [1.82, 2.24) is 5.43 Å². The lowest BCUT2D eigenvalue weighted by Gasteiger charge is -2.07. The minimum atomic E-state index is -0.231. The van der Waals surface area contributed by atoms with Crippen LogP contribution in [0.2, 0.25) is 5.02 Å². The second-order valence-electron chi connectivity index (χ2n) is 6.26. The van der Waals surface area contributed by atoms with Gasteiger partial charge in [-0.2, -0.15) is 5.10 Å². The molecule has 0 radical (unpaired) electrons. The van der Waals surface area contributed by atoms with Gasteiger partial charge in [-0.05, 0) is 53.4 Å². The molecule has 142 valence electrons. The molecule has 3 aromatic rings. The monoisotopic (exact) mass is 456 g/mol. The maximum Gasteiger partial charge on any atom is 0.244 e. The van der Waals surface area contributed by atoms with Crippen molar-refractivity contribution < 1.29 is 9.90 Å². The highest BCUT2D eigenvalue weighted by atomic mass is 79.9. The number of rotatable bonds is 6. The summed E-state index contributed by atoms with van der Waals surface area (Å²) < 4.78 is 0.960. The summed E-state index contributed by atoms with van der Waals surface area (Å²) in [5, 5.41) is 14.7. The third kappa shape index (κ3) is 5.68. The number of nitrogens with zero attached hydrogens (tertiary/aromatic N) is 1. The third-order valence-electron chi connectivity index (χ3n) is 4.12. The van der Waals surface area contributed by atoms with Gasteiger partial charge in [0.25, 0.3) is 0 Å². The van der Waals surface area contributed by atoms with Gasteiger partial charge >= 0.3 is 0 Å². The number of benzene rings is 3. The number of carbonyl (C=O) groups excluding carboxylic acids is 1. The van der Waals surface area contributed by atoms with E-state index in [1.165, 1.54) is 6.21 Å². The van der Waals surface area contributed by atoms with Crippen LogP contribution in [0.5, 0.6) is 5.75 Å². The van der Waals surface area contributed by atoms with Gasteiger partial charge in [-0.3, -0.25) is 4.79 Å². The van der Waals surface area contributed by atoms with Crippen LogP contribution < -0.4 is 5.43 Å². The van der Waals surface area contributed by atoms with E-state index in [2.05, 4.69) is 26.5 Å². The van der Waals surface area contributed by atoms with E-state index in [4.69, 9.17) is 11.6 Å². The highest BCUT2D eigenvalue weighted by Gasteiger charge is 2.06. The summed E-state index contributed by atoms with van der Waals surface area (Å²) in [6.45, 7) is 0. The smallest absolute Gasteiger partial charge is 0.244 e. The van der Waals surface area contributed by atoms with E-state index in [-0.39, 0.29) is 18.1 Å². The Labute approximate surface area is 177 Å². The van der Waals surface area contributed by atoms with E-state index < -0.39 is 0 Å². The molecule has 0 atom stereocenters. The normalized spacial score (nSPS) is 10.9. The molecule has 0 saturated carbocycles. The molecule has 0 heterocycles. The van der Waals surface area contributed by atoms with E-state index in [0.29, 0.717) is 17.0 Å². The molecule has 0 bridgehead atoms. The number of halogens is 2. The van der Waals surface area contributed by atoms with Crippen LogP contribution in [0, 0.1) is 0 Å². The number of amides is 1. The van der Waals surface area contributed by atoms with Crippen molar-refractivity contribution in [1.29, 1.82) is 0 Å². The fraction of sp³-hybridized carbons (Fsp3) is 0.0909. The van der Waals surface area contributed by atoms with Gasteiger partial charge in [0.05, 0.1) is 12.6 Å². The Bertz CT molecular complexity index is 1000. The lowest BCUT2D eigenvalue weighted by atomic mass is 10.0. The molecule has 1 amide bonds. The molecular formula is C22H18BrClN2O2. The van der Waals surface area contributed by atoms with Gasteiger partial charge in [-0.1, -0.05) is 63.9 Å². The van der Waals surface area contributed by atoms with E-state index >= 15 is 0 Å². The molecule has 4 nitrogen and oxygen atoms in total. The standard InChI is InChI=1S/C22H18BrClN2O2/c23-19-8-5-15(6-9-19)13-22(28)26-25-14-18-12-16(7-10-21(18)27)11-17-3-1-2-4-20(17)24/h1-10,12,14,27H,11,13H2,(H,26,28)/b25-14+. The second-order valence-corrected chi connectivity index (χ2v) is 7.58. The van der Waals surface area contributed by atoms with Crippen LogP contribution in [-0.4, -0.2) is 17.2 Å². The maximum absolute atomic E-state index is 12.0. The first kappa shape index (κ1) is 20.1. The summed E-state index contributed by atoms with van der Waals surface area (Å²) in [6.07, 6.45) is 2.30. The molecule has 0 saturated heterocycles. The van der Waals surface area contributed by atoms with E-state index in [1.807, 2.05) is 60.7 Å². The van der Waals surface area contributed by atoms with Gasteiger partial charge in [0, 0.05) is 15.1 Å². The average Bonchev–Trinajstić information content (AvgIpc) is 2.68. The Morgan fingerprint density at radius 1 is 1.07 bits per heavy atom. The predicted molar refractivity (Wildman–Crippen MR) is 116 cm³/mol. The number of aromatic hydroxyl groups is 1. The average molecular weight is 458 g/mol. The number of nitrogens with one attached hydrogen (secondary N) is 1. The first-order valence-electron chi connectivity index (χ1n) is 8.63. The van der Waals surface area contributed by atoms with Crippen molar-refractivity contribution in [2.45, 2.75) is 12.8 Å². The lowest BCUT2D eigenvalue weighted by molar-refractivity contribution is -0.120. The number of phenols is 1. The molecule has 0 fully saturated rings. The number of carbonyl (C=O) groups is 1. The first-order valence-corrected chi connectivity index (χ1v) is 9.80. The topological polar surface area (TPSA) is 61.7 Å². The van der Waals surface area contributed by atoms with Gasteiger partial charge in [0.2, 0.25) is 5.91 Å². The minimum absolute atomic E-state index is 0.0915. The minimum Gasteiger partial charge on any atom is -0.507 e. The molecule has 0 spiro atoms. The van der Waals surface area contributed by atoms with E-state index in [9.17, 15) is 9.90 Å². The summed E-state index contributed by atoms with van der Waals surface area (Å²) in [6, 6.07) is 20.4. The molecule has 0 aliphatic rings. The quantitative estimate of drug-likeness (QED) is 0.400. The summed E-state index contributed by atoms with van der Waals surface area (Å²) in [5.74, 6) is -0.140. The number of hydrogen-bond donors (Lipinski definition) is 2. The van der Waals surface area contributed by atoms with Crippen molar-refractivity contribution in [3.8, 4) is 5.75 Å². The molecule has 28 heavy (non-hydrogen) atoms. The Balaban J connectivity index is 1.63. The highest BCUT2D eigenvalue weighted by Crippen LogP contribution is 2.22. The van der Waals surface area contributed by atoms with Gasteiger partial charge in [0.1, 0.15) is 5.75 Å². The summed E-state index contributed by atoms with van der Waals surface area (Å²) in [4.78, 5) is 12.0. The van der Waals surface area contributed by atoms with Crippen LogP contribution in [0.4, 0.5) is 0 Å². The van der Waals surface area contributed by atoms with Gasteiger partial charge in [-0.15, -0.1) is 0 Å². The van der Waals surface area contributed by atoms with Gasteiger partial charge in [0.15, 0.2) is 0 Å². The lowest BCUT2D eigenvalue weighted by Crippen LogP contribution is -2.19. The third-order valence-corrected chi connectivity index (χ3v) is 5.01. The largest absolute Gasteiger partial charge is 0.507 e. The fourth-order valence-electron chi connectivity index (χ4n) is 2.68. The Hall–Kier alpha value is -2.63. The van der Waals surface area contributed by atoms with E-state index in [0.717, 1.165) is 21.2 Å². The maximum atomic E-state index is 12.0. The van der Waals surface area contributed by atoms with Gasteiger partial charge < -0.3 is 5.11 Å². The number of phenolic OH excluding ortho intramolecular Hbond substituents is 1. The van der Waals surface area contributed by atoms with Crippen molar-refractivity contribution >= 4 is 39.7 Å². The van der Waals surface area contributed by atoms with E-state index in [1.54, 1.807) is 6.07 Å². The predicted octanol–water partition coefficient (Wildman–Crippen LogP) is 5.09. The molecule has 6 heteroatoms. The Kier molecular flexibility index (Phi) is 6.85. The number of hydrazone groups is 1. The Morgan fingerprint density at radius 2 is 1.79 bits per heavy atom. The van der Waals surface area contributed by atoms with Crippen LogP contribution in [0.15, 0.2) is 76.3 Å².